The summed E-state index contributed by atoms with van der Waals surface area (Å²) in [6.07, 6.45) is 7.00. The molecule has 3 aromatic rings. The third kappa shape index (κ3) is 6.69. The molecule has 2 unspecified atom stereocenters. The first-order valence-electron chi connectivity index (χ1n) is 15.6. The maximum Gasteiger partial charge on any atom is 0.291 e. The number of carbonyl (C=O) groups is 2. The number of para-hydroxylation sites is 1. The Morgan fingerprint density at radius 2 is 1.57 bits per heavy atom. The van der Waals surface area contributed by atoms with Crippen molar-refractivity contribution in [3.63, 3.8) is 0 Å². The number of nitrogens with zero attached hydrogens (tertiary/aromatic N) is 1. The van der Waals surface area contributed by atoms with Gasteiger partial charge in [0, 0.05) is 17.2 Å². The Morgan fingerprint density at radius 1 is 0.872 bits per heavy atom. The maximum absolute atomic E-state index is 14.8. The minimum absolute atomic E-state index is 0.0251. The van der Waals surface area contributed by atoms with Crippen molar-refractivity contribution in [3.05, 3.63) is 138 Å². The minimum Gasteiger partial charge on any atom is -0.440 e. The predicted octanol–water partition coefficient (Wildman–Crippen LogP) is 7.78. The molecule has 3 aliphatic rings. The molecule has 0 saturated heterocycles. The third-order valence-corrected chi connectivity index (χ3v) is 10.1. The first-order chi connectivity index (χ1) is 22.5. The van der Waals surface area contributed by atoms with E-state index in [0.717, 1.165) is 48.4 Å². The van der Waals surface area contributed by atoms with E-state index in [1.54, 1.807) is 23.1 Å². The van der Waals surface area contributed by atoms with Crippen LogP contribution in [0.4, 0.5) is 11.6 Å². The molecule has 1 aliphatic heterocycles. The number of anilines is 2. The quantitative estimate of drug-likeness (QED) is 0.117. The summed E-state index contributed by atoms with van der Waals surface area (Å²) in [7, 11) is -4.85. The average molecular weight is 649 g/mol. The zero-order valence-electron chi connectivity index (χ0n) is 26.0. The first kappa shape index (κ1) is 32.1. The highest BCUT2D eigenvalue weighted by Gasteiger charge is 2.42. The molecule has 47 heavy (non-hydrogen) atoms. The van der Waals surface area contributed by atoms with Gasteiger partial charge >= 0.3 is 0 Å². The average Bonchev–Trinajstić information content (AvgIpc) is 3.56. The lowest BCUT2D eigenvalue weighted by atomic mass is 9.87. The van der Waals surface area contributed by atoms with Crippen LogP contribution in [-0.4, -0.2) is 29.5 Å². The summed E-state index contributed by atoms with van der Waals surface area (Å²) in [6, 6.07) is 33.2. The Bertz CT molecular complexity index is 2000. The summed E-state index contributed by atoms with van der Waals surface area (Å²) < 4.78 is 39.3. The highest BCUT2D eigenvalue weighted by Crippen LogP contribution is 2.36. The molecular weight excluding hydrogens is 612 g/mol. The number of Topliss-reactive ketones (excluding diaryl/α,β-unsaturated/α-hetero) is 1. The second kappa shape index (κ2) is 13.1. The number of allylic oxidation sites excluding steroid dienone is 2. The molecule has 240 valence electrons. The monoisotopic (exact) mass is 648 g/mol. The second-order valence-electron chi connectivity index (χ2n) is 12.1. The van der Waals surface area contributed by atoms with Crippen molar-refractivity contribution in [3.8, 4) is 11.3 Å². The molecule has 0 aromatic heterocycles. The number of amides is 1. The van der Waals surface area contributed by atoms with Gasteiger partial charge in [-0.2, -0.15) is 8.42 Å². The molecule has 6 rings (SSSR count). The van der Waals surface area contributed by atoms with E-state index in [9.17, 15) is 22.6 Å². The van der Waals surface area contributed by atoms with Gasteiger partial charge in [0.2, 0.25) is 16.7 Å². The van der Waals surface area contributed by atoms with Crippen LogP contribution in [0, 0.1) is 0 Å². The fraction of sp³-hybridized carbons (Fsp3) is 0.211. The standard InChI is InChI=1S/C38H36N2O6S/c1-38(39,47(43,44)45)36(41)31-17-15-26(16-18-31)25-33(29-21-19-28(20-22-29)27-9-4-2-5-10-27)37(42)40(32-12-6-3-7-13-32)35-24-23-30-11-8-14-34(30)46-35/h3,6-9,11-24,33H,2,4-5,10,25,39H2,1H3,(H,43,44,45). The van der Waals surface area contributed by atoms with Gasteiger partial charge in [-0.3, -0.25) is 19.0 Å². The SMILES string of the molecule is CC(N)(C(=O)c1ccc(CC(C(=O)N(c2ccccc2)c2ccc3cccc-3o2)c2ccc(C3=CCCCC3)cc2)cc1)S(=O)(=O)O. The number of hydrogen-bond acceptors (Lipinski definition) is 6. The van der Waals surface area contributed by atoms with Crippen LogP contribution < -0.4 is 10.6 Å². The molecule has 3 aromatic carbocycles. The highest BCUT2D eigenvalue weighted by molar-refractivity contribution is 7.88. The Kier molecular flexibility index (Phi) is 8.96. The lowest BCUT2D eigenvalue weighted by Crippen LogP contribution is -2.51. The Hall–Kier alpha value is -4.83. The molecule has 3 N–H and O–H groups in total. The van der Waals surface area contributed by atoms with E-state index in [-0.39, 0.29) is 17.9 Å². The zero-order chi connectivity index (χ0) is 33.2. The zero-order valence-corrected chi connectivity index (χ0v) is 26.8. The van der Waals surface area contributed by atoms with Gasteiger partial charge in [0.25, 0.3) is 10.1 Å². The number of carbonyl (C=O) groups excluding carboxylic acids is 2. The Morgan fingerprint density at radius 3 is 2.23 bits per heavy atom. The van der Waals surface area contributed by atoms with E-state index in [1.807, 2.05) is 66.7 Å². The van der Waals surface area contributed by atoms with E-state index in [0.29, 0.717) is 17.3 Å². The van der Waals surface area contributed by atoms with E-state index in [4.69, 9.17) is 10.2 Å². The number of fused-ring (bicyclic) bond motifs is 1. The van der Waals surface area contributed by atoms with Crippen molar-refractivity contribution in [2.45, 2.75) is 49.8 Å². The van der Waals surface area contributed by atoms with Crippen LogP contribution in [0.3, 0.4) is 0 Å². The largest absolute Gasteiger partial charge is 0.440 e. The van der Waals surface area contributed by atoms with Crippen LogP contribution >= 0.6 is 0 Å². The maximum atomic E-state index is 14.8. The highest BCUT2D eigenvalue weighted by atomic mass is 32.2. The van der Waals surface area contributed by atoms with Crippen LogP contribution in [0.1, 0.15) is 65.6 Å². The van der Waals surface area contributed by atoms with Gasteiger partial charge < -0.3 is 10.2 Å². The van der Waals surface area contributed by atoms with Crippen LogP contribution in [0.2, 0.25) is 0 Å². The van der Waals surface area contributed by atoms with E-state index in [1.165, 1.54) is 24.1 Å². The number of ketones is 1. The van der Waals surface area contributed by atoms with Crippen molar-refractivity contribution >= 4 is 39.0 Å². The van der Waals surface area contributed by atoms with Crippen molar-refractivity contribution in [2.24, 2.45) is 5.73 Å². The van der Waals surface area contributed by atoms with Crippen molar-refractivity contribution < 1.29 is 27.0 Å². The van der Waals surface area contributed by atoms with Crippen LogP contribution in [0.25, 0.3) is 16.9 Å². The lowest BCUT2D eigenvalue weighted by molar-refractivity contribution is -0.119. The van der Waals surface area contributed by atoms with Gasteiger partial charge in [-0.25, -0.2) is 0 Å². The smallest absolute Gasteiger partial charge is 0.291 e. The van der Waals surface area contributed by atoms with Gasteiger partial charge in [-0.05, 0) is 85.6 Å². The molecule has 0 fully saturated rings. The van der Waals surface area contributed by atoms with E-state index >= 15 is 0 Å². The summed E-state index contributed by atoms with van der Waals surface area (Å²) in [5, 5.41) is 0. The Balaban J connectivity index is 1.39. The fourth-order valence-electron chi connectivity index (χ4n) is 5.98. The van der Waals surface area contributed by atoms with Crippen LogP contribution in [-0.2, 0) is 21.3 Å². The Labute approximate surface area is 274 Å². The van der Waals surface area contributed by atoms with Crippen molar-refractivity contribution in [2.75, 3.05) is 4.90 Å². The van der Waals surface area contributed by atoms with Gasteiger partial charge in [0.1, 0.15) is 5.76 Å². The summed E-state index contributed by atoms with van der Waals surface area (Å²) in [5.74, 6) is -0.769. The predicted molar refractivity (Wildman–Crippen MR) is 183 cm³/mol. The molecule has 2 atom stereocenters. The molecule has 9 heteroatoms. The second-order valence-corrected chi connectivity index (χ2v) is 13.9. The topological polar surface area (TPSA) is 131 Å². The molecule has 0 bridgehead atoms. The normalized spacial score (nSPS) is 15.4. The number of nitrogens with two attached hydrogens (primary N) is 1. The number of benzene rings is 3. The van der Waals surface area contributed by atoms with Gasteiger partial charge in [0.05, 0.1) is 11.6 Å². The molecule has 8 nitrogen and oxygen atoms in total. The number of rotatable bonds is 10. The minimum atomic E-state index is -4.85. The third-order valence-electron chi connectivity index (χ3n) is 8.80. The fourth-order valence-corrected chi connectivity index (χ4v) is 6.33. The molecule has 0 saturated carbocycles. The molecule has 2 aliphatic carbocycles. The summed E-state index contributed by atoms with van der Waals surface area (Å²) in [6.45, 7) is 0.955. The molecular formula is C38H36N2O6S. The molecule has 1 amide bonds. The van der Waals surface area contributed by atoms with Crippen molar-refractivity contribution in [1.82, 2.24) is 0 Å². The summed E-state index contributed by atoms with van der Waals surface area (Å²) >= 11 is 0. The van der Waals surface area contributed by atoms with Gasteiger partial charge in [-0.1, -0.05) is 84.9 Å². The van der Waals surface area contributed by atoms with Gasteiger partial charge in [0.15, 0.2) is 5.78 Å². The first-order valence-corrected chi connectivity index (χ1v) is 17.0. The van der Waals surface area contributed by atoms with E-state index in [2.05, 4.69) is 18.2 Å². The summed E-state index contributed by atoms with van der Waals surface area (Å²) in [4.78, 5) is 26.8. The molecule has 1 heterocycles. The molecule has 0 radical (unpaired) electrons. The van der Waals surface area contributed by atoms with Crippen molar-refractivity contribution in [1.29, 1.82) is 0 Å². The van der Waals surface area contributed by atoms with Crippen LogP contribution in [0.5, 0.6) is 0 Å². The summed E-state index contributed by atoms with van der Waals surface area (Å²) in [5.41, 5.74) is 11.3. The molecule has 0 spiro atoms. The lowest BCUT2D eigenvalue weighted by Gasteiger charge is -2.27. The van der Waals surface area contributed by atoms with E-state index < -0.39 is 26.7 Å². The van der Waals surface area contributed by atoms with Crippen LogP contribution in [0.15, 0.2) is 120 Å². The van der Waals surface area contributed by atoms with Gasteiger partial charge in [-0.15, -0.1) is 0 Å². The number of hydrogen-bond donors (Lipinski definition) is 2.